The molecule has 0 amide bonds. The summed E-state index contributed by atoms with van der Waals surface area (Å²) in [7, 11) is 1.59. The van der Waals surface area contributed by atoms with Crippen molar-refractivity contribution in [1.82, 2.24) is 0 Å². The molecule has 0 saturated carbocycles. The SMILES string of the molecule is COc1c(C)cc(C)cc1Nc1c(N)cccc1F. The van der Waals surface area contributed by atoms with Crippen molar-refractivity contribution in [2.24, 2.45) is 0 Å². The molecule has 2 aromatic carbocycles. The number of nitrogens with two attached hydrogens (primary N) is 1. The average molecular weight is 260 g/mol. The molecule has 19 heavy (non-hydrogen) atoms. The molecule has 0 heterocycles. The Hall–Kier alpha value is -2.23. The maximum absolute atomic E-state index is 13.8. The largest absolute Gasteiger partial charge is 0.494 e. The van der Waals surface area contributed by atoms with Crippen molar-refractivity contribution in [1.29, 1.82) is 0 Å². The second-order valence-electron chi connectivity index (χ2n) is 4.49. The Kier molecular flexibility index (Phi) is 3.60. The van der Waals surface area contributed by atoms with Gasteiger partial charge in [0.05, 0.1) is 24.2 Å². The van der Waals surface area contributed by atoms with E-state index in [-0.39, 0.29) is 11.5 Å². The van der Waals surface area contributed by atoms with Crippen LogP contribution < -0.4 is 15.8 Å². The highest BCUT2D eigenvalue weighted by atomic mass is 19.1. The summed E-state index contributed by atoms with van der Waals surface area (Å²) in [5, 5.41) is 3.02. The predicted molar refractivity (Wildman–Crippen MR) is 76.6 cm³/mol. The van der Waals surface area contributed by atoms with E-state index in [9.17, 15) is 4.39 Å². The van der Waals surface area contributed by atoms with E-state index in [0.717, 1.165) is 11.1 Å². The first-order chi connectivity index (χ1) is 9.02. The van der Waals surface area contributed by atoms with Crippen LogP contribution in [0.3, 0.4) is 0 Å². The van der Waals surface area contributed by atoms with Gasteiger partial charge in [0.1, 0.15) is 11.6 Å². The summed E-state index contributed by atoms with van der Waals surface area (Å²) in [6.45, 7) is 3.92. The molecule has 2 rings (SSSR count). The number of benzene rings is 2. The van der Waals surface area contributed by atoms with Gasteiger partial charge in [0.25, 0.3) is 0 Å². The van der Waals surface area contributed by atoms with Crippen molar-refractivity contribution >= 4 is 17.1 Å². The third-order valence-corrected chi connectivity index (χ3v) is 2.93. The van der Waals surface area contributed by atoms with E-state index in [1.807, 2.05) is 26.0 Å². The second kappa shape index (κ2) is 5.18. The first-order valence-corrected chi connectivity index (χ1v) is 5.99. The van der Waals surface area contributed by atoms with Crippen LogP contribution in [0.15, 0.2) is 30.3 Å². The van der Waals surface area contributed by atoms with Crippen molar-refractivity contribution in [3.05, 3.63) is 47.3 Å². The number of nitrogens with one attached hydrogen (secondary N) is 1. The van der Waals surface area contributed by atoms with Gasteiger partial charge in [0, 0.05) is 0 Å². The highest BCUT2D eigenvalue weighted by Crippen LogP contribution is 2.34. The predicted octanol–water partition coefficient (Wildman–Crippen LogP) is 3.78. The third-order valence-electron chi connectivity index (χ3n) is 2.93. The number of aryl methyl sites for hydroxylation is 2. The van der Waals surface area contributed by atoms with Crippen molar-refractivity contribution in [3.63, 3.8) is 0 Å². The van der Waals surface area contributed by atoms with Gasteiger partial charge >= 0.3 is 0 Å². The summed E-state index contributed by atoms with van der Waals surface area (Å²) in [4.78, 5) is 0. The van der Waals surface area contributed by atoms with E-state index in [1.165, 1.54) is 6.07 Å². The van der Waals surface area contributed by atoms with Gasteiger partial charge in [0.2, 0.25) is 0 Å². The Bertz CT molecular complexity index is 591. The smallest absolute Gasteiger partial charge is 0.148 e. The highest BCUT2D eigenvalue weighted by molar-refractivity contribution is 5.76. The van der Waals surface area contributed by atoms with E-state index in [0.29, 0.717) is 17.1 Å². The zero-order valence-corrected chi connectivity index (χ0v) is 11.3. The lowest BCUT2D eigenvalue weighted by atomic mass is 10.1. The zero-order valence-electron chi connectivity index (χ0n) is 11.3. The first kappa shape index (κ1) is 13.2. The van der Waals surface area contributed by atoms with Crippen LogP contribution in [0.4, 0.5) is 21.5 Å². The summed E-state index contributed by atoms with van der Waals surface area (Å²) >= 11 is 0. The van der Waals surface area contributed by atoms with Gasteiger partial charge in [-0.3, -0.25) is 0 Å². The van der Waals surface area contributed by atoms with E-state index >= 15 is 0 Å². The standard InChI is InChI=1S/C15H17FN2O/c1-9-7-10(2)15(19-3)13(8-9)18-14-11(16)5-4-6-12(14)17/h4-8,18H,17H2,1-3H3. The van der Waals surface area contributed by atoms with Crippen molar-refractivity contribution in [2.75, 3.05) is 18.2 Å². The number of hydrogen-bond donors (Lipinski definition) is 2. The van der Waals surface area contributed by atoms with E-state index < -0.39 is 0 Å². The lowest BCUT2D eigenvalue weighted by Crippen LogP contribution is -2.02. The maximum atomic E-state index is 13.8. The molecule has 0 aliphatic carbocycles. The van der Waals surface area contributed by atoms with Gasteiger partial charge in [-0.2, -0.15) is 0 Å². The summed E-state index contributed by atoms with van der Waals surface area (Å²) in [6.07, 6.45) is 0. The highest BCUT2D eigenvalue weighted by Gasteiger charge is 2.11. The number of nitrogen functional groups attached to an aromatic ring is 1. The van der Waals surface area contributed by atoms with E-state index in [4.69, 9.17) is 10.5 Å². The Morgan fingerprint density at radius 3 is 2.58 bits per heavy atom. The maximum Gasteiger partial charge on any atom is 0.148 e. The fourth-order valence-corrected chi connectivity index (χ4v) is 2.13. The van der Waals surface area contributed by atoms with Crippen molar-refractivity contribution < 1.29 is 9.13 Å². The third kappa shape index (κ3) is 2.62. The van der Waals surface area contributed by atoms with E-state index in [1.54, 1.807) is 19.2 Å². The van der Waals surface area contributed by atoms with Gasteiger partial charge in [0.15, 0.2) is 0 Å². The van der Waals surface area contributed by atoms with Crippen LogP contribution in [0, 0.1) is 19.7 Å². The number of halogens is 1. The quantitative estimate of drug-likeness (QED) is 0.826. The Morgan fingerprint density at radius 2 is 1.95 bits per heavy atom. The minimum Gasteiger partial charge on any atom is -0.494 e. The Labute approximate surface area is 112 Å². The molecule has 4 heteroatoms. The normalized spacial score (nSPS) is 10.3. The molecule has 2 aromatic rings. The van der Waals surface area contributed by atoms with Crippen LogP contribution in [0.25, 0.3) is 0 Å². The number of ether oxygens (including phenoxy) is 1. The lowest BCUT2D eigenvalue weighted by Gasteiger charge is -2.16. The first-order valence-electron chi connectivity index (χ1n) is 5.99. The Morgan fingerprint density at radius 1 is 1.21 bits per heavy atom. The molecule has 0 aromatic heterocycles. The number of anilines is 3. The molecule has 3 N–H and O–H groups in total. The minimum absolute atomic E-state index is 0.269. The molecule has 0 spiro atoms. The van der Waals surface area contributed by atoms with Gasteiger partial charge in [-0.05, 0) is 43.2 Å². The number of rotatable bonds is 3. The molecule has 0 aliphatic rings. The van der Waals surface area contributed by atoms with Gasteiger partial charge in [-0.25, -0.2) is 4.39 Å². The fourth-order valence-electron chi connectivity index (χ4n) is 2.13. The monoisotopic (exact) mass is 260 g/mol. The molecule has 100 valence electrons. The zero-order chi connectivity index (χ0) is 14.0. The van der Waals surface area contributed by atoms with Crippen molar-refractivity contribution in [3.8, 4) is 5.75 Å². The van der Waals surface area contributed by atoms with Crippen LogP contribution in [-0.4, -0.2) is 7.11 Å². The van der Waals surface area contributed by atoms with Gasteiger partial charge < -0.3 is 15.8 Å². The molecule has 0 saturated heterocycles. The number of hydrogen-bond acceptors (Lipinski definition) is 3. The summed E-state index contributed by atoms with van der Waals surface area (Å²) in [6, 6.07) is 8.51. The molecular weight excluding hydrogens is 243 g/mol. The second-order valence-corrected chi connectivity index (χ2v) is 4.49. The van der Waals surface area contributed by atoms with Gasteiger partial charge in [-0.1, -0.05) is 12.1 Å². The van der Waals surface area contributed by atoms with Crippen LogP contribution in [-0.2, 0) is 0 Å². The molecule has 0 unspecified atom stereocenters. The van der Waals surface area contributed by atoms with E-state index in [2.05, 4.69) is 5.32 Å². The topological polar surface area (TPSA) is 47.3 Å². The van der Waals surface area contributed by atoms with Crippen LogP contribution in [0.2, 0.25) is 0 Å². The molecular formula is C15H17FN2O. The molecule has 0 fully saturated rings. The molecule has 0 bridgehead atoms. The average Bonchev–Trinajstić information content (AvgIpc) is 2.33. The summed E-state index contributed by atoms with van der Waals surface area (Å²) in [5.41, 5.74) is 9.18. The number of methoxy groups -OCH3 is 1. The molecule has 3 nitrogen and oxygen atoms in total. The van der Waals surface area contributed by atoms with Gasteiger partial charge in [-0.15, -0.1) is 0 Å². The Balaban J connectivity index is 2.49. The van der Waals surface area contributed by atoms with Crippen LogP contribution in [0.5, 0.6) is 5.75 Å². The molecule has 0 radical (unpaired) electrons. The lowest BCUT2D eigenvalue weighted by molar-refractivity contribution is 0.413. The molecule has 0 atom stereocenters. The molecule has 0 aliphatic heterocycles. The number of para-hydroxylation sites is 1. The summed E-state index contributed by atoms with van der Waals surface area (Å²) in [5.74, 6) is 0.300. The van der Waals surface area contributed by atoms with Crippen LogP contribution in [0.1, 0.15) is 11.1 Å². The minimum atomic E-state index is -0.388. The fraction of sp³-hybridized carbons (Fsp3) is 0.200. The summed E-state index contributed by atoms with van der Waals surface area (Å²) < 4.78 is 19.1. The van der Waals surface area contributed by atoms with Crippen LogP contribution >= 0.6 is 0 Å². The van der Waals surface area contributed by atoms with Crippen molar-refractivity contribution in [2.45, 2.75) is 13.8 Å².